The average molecular weight is 400 g/mol. The number of likely N-dealkylation sites (tertiary alicyclic amines) is 1. The molecule has 11 heteroatoms. The lowest BCUT2D eigenvalue weighted by molar-refractivity contribution is -0.186. The third-order valence-corrected chi connectivity index (χ3v) is 4.61. The van der Waals surface area contributed by atoms with Crippen LogP contribution in [0.15, 0.2) is 12.1 Å². The van der Waals surface area contributed by atoms with Crippen molar-refractivity contribution in [2.24, 2.45) is 0 Å². The molecule has 3 amide bonds. The summed E-state index contributed by atoms with van der Waals surface area (Å²) in [5.41, 5.74) is 1.37. The van der Waals surface area contributed by atoms with E-state index < -0.39 is 18.2 Å². The molecule has 0 aliphatic carbocycles. The predicted octanol–water partition coefficient (Wildman–Crippen LogP) is 1.75. The van der Waals surface area contributed by atoms with Gasteiger partial charge >= 0.3 is 18.2 Å². The molecule has 0 radical (unpaired) electrons. The lowest BCUT2D eigenvalue weighted by atomic mass is 10.1. The smallest absolute Gasteiger partial charge is 0.443 e. The molecule has 28 heavy (non-hydrogen) atoms. The van der Waals surface area contributed by atoms with E-state index in [-0.39, 0.29) is 44.5 Å². The molecule has 0 spiro atoms. The van der Waals surface area contributed by atoms with Gasteiger partial charge in [0.2, 0.25) is 5.91 Å². The van der Waals surface area contributed by atoms with Crippen molar-refractivity contribution in [1.82, 2.24) is 15.2 Å². The van der Waals surface area contributed by atoms with Crippen LogP contribution in [0.1, 0.15) is 30.5 Å². The molecule has 1 aromatic heterocycles. The molecule has 1 fully saturated rings. The van der Waals surface area contributed by atoms with Crippen molar-refractivity contribution in [2.45, 2.75) is 44.5 Å². The van der Waals surface area contributed by atoms with E-state index in [9.17, 15) is 27.6 Å². The Hall–Kier alpha value is -2.85. The van der Waals surface area contributed by atoms with Crippen LogP contribution in [0.4, 0.5) is 23.8 Å². The highest BCUT2D eigenvalue weighted by molar-refractivity contribution is 5.92. The van der Waals surface area contributed by atoms with Crippen molar-refractivity contribution < 1.29 is 32.3 Å². The number of carbonyl (C=O) groups is 3. The number of fused-ring (bicyclic) bond motifs is 1. The van der Waals surface area contributed by atoms with Gasteiger partial charge in [0.05, 0.1) is 5.69 Å². The van der Waals surface area contributed by atoms with Gasteiger partial charge in [-0.15, -0.1) is 0 Å². The molecular weight excluding hydrogens is 381 g/mol. The number of aryl methyl sites for hydroxylation is 1. The molecule has 8 nitrogen and oxygen atoms in total. The molecule has 3 heterocycles. The number of ether oxygens (including phenoxy) is 1. The highest BCUT2D eigenvalue weighted by Crippen LogP contribution is 2.22. The summed E-state index contributed by atoms with van der Waals surface area (Å²) in [6.07, 6.45) is -4.18. The third-order valence-electron chi connectivity index (χ3n) is 4.61. The molecular formula is C17H19F3N4O4. The first-order valence-corrected chi connectivity index (χ1v) is 8.80. The zero-order valence-electron chi connectivity index (χ0n) is 14.8. The molecule has 152 valence electrons. The number of rotatable bonds is 3. The summed E-state index contributed by atoms with van der Waals surface area (Å²) >= 11 is 0. The van der Waals surface area contributed by atoms with Crippen LogP contribution in [0.5, 0.6) is 0 Å². The van der Waals surface area contributed by atoms with Crippen LogP contribution in [-0.2, 0) is 27.4 Å². The number of aromatic nitrogens is 1. The molecule has 0 saturated carbocycles. The van der Waals surface area contributed by atoms with E-state index in [0.717, 1.165) is 10.5 Å². The third kappa shape index (κ3) is 4.90. The second-order valence-corrected chi connectivity index (χ2v) is 6.64. The summed E-state index contributed by atoms with van der Waals surface area (Å²) in [4.78, 5) is 39.5. The molecule has 2 N–H and O–H groups in total. The molecule has 1 saturated heterocycles. The fraction of sp³-hybridized carbons (Fsp3) is 0.529. The zero-order chi connectivity index (χ0) is 20.3. The number of nitrogens with one attached hydrogen (secondary N) is 2. The number of anilines is 1. The van der Waals surface area contributed by atoms with Crippen LogP contribution < -0.4 is 10.6 Å². The quantitative estimate of drug-likeness (QED) is 0.805. The minimum Gasteiger partial charge on any atom is -0.443 e. The van der Waals surface area contributed by atoms with Gasteiger partial charge in [0.15, 0.2) is 0 Å². The number of alkyl carbamates (subject to hydrolysis) is 1. The standard InChI is InChI=1S/C17H19F3N4O4/c18-17(19,20)15(26)24-7-5-11(6-8-24)22-16(27)28-9-12-3-1-10-2-4-13(25)23-14(10)21-12/h1,3,11H,2,4-9H2,(H,22,27)(H,21,23,25). The largest absolute Gasteiger partial charge is 0.471 e. The maximum Gasteiger partial charge on any atom is 0.471 e. The van der Waals surface area contributed by atoms with Gasteiger partial charge in [-0.2, -0.15) is 13.2 Å². The first kappa shape index (κ1) is 19.9. The Bertz CT molecular complexity index is 776. The highest BCUT2D eigenvalue weighted by atomic mass is 19.4. The van der Waals surface area contributed by atoms with Gasteiger partial charge in [0.25, 0.3) is 0 Å². The molecule has 0 atom stereocenters. The number of hydrogen-bond acceptors (Lipinski definition) is 5. The Labute approximate surface area is 158 Å². The first-order valence-electron chi connectivity index (χ1n) is 8.80. The van der Waals surface area contributed by atoms with Crippen molar-refractivity contribution >= 4 is 23.7 Å². The van der Waals surface area contributed by atoms with Gasteiger partial charge < -0.3 is 20.3 Å². The van der Waals surface area contributed by atoms with Crippen LogP contribution >= 0.6 is 0 Å². The number of pyridine rings is 1. The molecule has 0 unspecified atom stereocenters. The first-order chi connectivity index (χ1) is 13.2. The Balaban J connectivity index is 1.44. The number of carbonyl (C=O) groups excluding carboxylic acids is 3. The molecule has 1 aromatic rings. The van der Waals surface area contributed by atoms with Crippen LogP contribution in [0.3, 0.4) is 0 Å². The van der Waals surface area contributed by atoms with Gasteiger partial charge in [0.1, 0.15) is 12.4 Å². The Morgan fingerprint density at radius 1 is 1.25 bits per heavy atom. The molecule has 0 bridgehead atoms. The van der Waals surface area contributed by atoms with Crippen molar-refractivity contribution in [3.8, 4) is 0 Å². The number of halogens is 3. The predicted molar refractivity (Wildman–Crippen MR) is 90.2 cm³/mol. The molecule has 2 aliphatic rings. The van der Waals surface area contributed by atoms with E-state index in [0.29, 0.717) is 24.4 Å². The van der Waals surface area contributed by atoms with E-state index in [4.69, 9.17) is 4.74 Å². The molecule has 0 aromatic carbocycles. The van der Waals surface area contributed by atoms with Gasteiger partial charge in [-0.25, -0.2) is 9.78 Å². The summed E-state index contributed by atoms with van der Waals surface area (Å²) < 4.78 is 42.3. The van der Waals surface area contributed by atoms with E-state index in [1.165, 1.54) is 0 Å². The van der Waals surface area contributed by atoms with Crippen LogP contribution in [0, 0.1) is 0 Å². The van der Waals surface area contributed by atoms with E-state index in [1.54, 1.807) is 6.07 Å². The maximum absolute atomic E-state index is 12.4. The topological polar surface area (TPSA) is 101 Å². The second kappa shape index (κ2) is 8.03. The number of amides is 3. The summed E-state index contributed by atoms with van der Waals surface area (Å²) in [5.74, 6) is -1.52. The van der Waals surface area contributed by atoms with E-state index in [2.05, 4.69) is 15.6 Å². The summed E-state index contributed by atoms with van der Waals surface area (Å²) in [5, 5.41) is 5.24. The van der Waals surface area contributed by atoms with Crippen LogP contribution in [0.2, 0.25) is 0 Å². The van der Waals surface area contributed by atoms with Crippen molar-refractivity contribution in [1.29, 1.82) is 0 Å². The fourth-order valence-corrected chi connectivity index (χ4v) is 3.12. The minimum atomic E-state index is -4.89. The van der Waals surface area contributed by atoms with Gasteiger partial charge in [-0.3, -0.25) is 9.59 Å². The second-order valence-electron chi connectivity index (χ2n) is 6.64. The van der Waals surface area contributed by atoms with Crippen LogP contribution in [-0.4, -0.2) is 53.1 Å². The summed E-state index contributed by atoms with van der Waals surface area (Å²) in [7, 11) is 0. The number of alkyl halides is 3. The lowest BCUT2D eigenvalue weighted by Crippen LogP contribution is -2.50. The SMILES string of the molecule is O=C1CCc2ccc(COC(=O)NC3CCN(C(=O)C(F)(F)F)CC3)nc2N1. The normalized spacial score (nSPS) is 17.5. The maximum atomic E-state index is 12.4. The monoisotopic (exact) mass is 400 g/mol. The number of nitrogens with zero attached hydrogens (tertiary/aromatic N) is 2. The van der Waals surface area contributed by atoms with Gasteiger partial charge in [0, 0.05) is 25.6 Å². The van der Waals surface area contributed by atoms with Gasteiger partial charge in [-0.05, 0) is 30.9 Å². The molecule has 3 rings (SSSR count). The van der Waals surface area contributed by atoms with Crippen LogP contribution in [0.25, 0.3) is 0 Å². The van der Waals surface area contributed by atoms with Crippen molar-refractivity contribution in [3.05, 3.63) is 23.4 Å². The van der Waals surface area contributed by atoms with Gasteiger partial charge in [-0.1, -0.05) is 6.07 Å². The Morgan fingerprint density at radius 2 is 1.96 bits per heavy atom. The van der Waals surface area contributed by atoms with Crippen molar-refractivity contribution in [3.63, 3.8) is 0 Å². The van der Waals surface area contributed by atoms with Crippen molar-refractivity contribution in [2.75, 3.05) is 18.4 Å². The summed E-state index contributed by atoms with van der Waals surface area (Å²) in [6, 6.07) is 3.14. The Morgan fingerprint density at radius 3 is 2.64 bits per heavy atom. The number of piperidine rings is 1. The number of hydrogen-bond donors (Lipinski definition) is 2. The molecule has 2 aliphatic heterocycles. The lowest BCUT2D eigenvalue weighted by Gasteiger charge is -2.32. The Kier molecular flexibility index (Phi) is 5.71. The highest BCUT2D eigenvalue weighted by Gasteiger charge is 2.43. The zero-order valence-corrected chi connectivity index (χ0v) is 14.8. The van der Waals surface area contributed by atoms with E-state index in [1.807, 2.05) is 6.07 Å². The average Bonchev–Trinajstić information content (AvgIpc) is 2.65. The summed E-state index contributed by atoms with van der Waals surface area (Å²) in [6.45, 7) is -0.287. The van der Waals surface area contributed by atoms with E-state index >= 15 is 0 Å². The minimum absolute atomic E-state index is 0.0879. The fourth-order valence-electron chi connectivity index (χ4n) is 3.12.